The number of ether oxygens (including phenoxy) is 1. The third-order valence-corrected chi connectivity index (χ3v) is 16.0. The van der Waals surface area contributed by atoms with E-state index in [9.17, 15) is 0 Å². The molecular weight excluding hydrogens is 913 g/mol. The van der Waals surface area contributed by atoms with Gasteiger partial charge >= 0.3 is 0 Å². The molecule has 0 fully saturated rings. The van der Waals surface area contributed by atoms with E-state index in [4.69, 9.17) is 9.72 Å². The largest absolute Gasteiger partial charge is 0.457 e. The minimum Gasteiger partial charge on any atom is -0.457 e. The monoisotopic (exact) mass is 991 g/mol. The molecular formula is C70H78N4O. The molecule has 0 spiro atoms. The number of nitrogens with zero attached hydrogens (tertiary/aromatic N) is 4. The van der Waals surface area contributed by atoms with Gasteiger partial charge in [-0.1, -0.05) is 202 Å². The van der Waals surface area contributed by atoms with E-state index in [1.165, 1.54) is 72.3 Å². The van der Waals surface area contributed by atoms with Crippen LogP contribution in [-0.4, -0.2) is 16.2 Å². The SMILES string of the molecule is CC(C)(C)c1ccnc(-n2c3ccccc3c3c(C(C)(C)C)cc(Oc4cc(N5CN(c6cccc(C(C)(C)c7ccccc7)c6)c6cc(C(C)(C)C)c(C(C)(C)C)cc65)cc(C(C)(C)c5ccccc5)c4)cc32)c1. The number of rotatable bonds is 9. The Labute approximate surface area is 448 Å². The maximum absolute atomic E-state index is 7.42. The quantitative estimate of drug-likeness (QED) is 0.144. The Morgan fingerprint density at radius 2 is 0.907 bits per heavy atom. The van der Waals surface area contributed by atoms with Gasteiger partial charge in [0.15, 0.2) is 0 Å². The minimum atomic E-state index is -0.363. The molecule has 10 rings (SSSR count). The highest BCUT2D eigenvalue weighted by Gasteiger charge is 2.37. The van der Waals surface area contributed by atoms with Crippen LogP contribution in [0.4, 0.5) is 22.7 Å². The smallest absolute Gasteiger partial charge is 0.137 e. The lowest BCUT2D eigenvalue weighted by Crippen LogP contribution is -2.26. The van der Waals surface area contributed by atoms with Crippen molar-refractivity contribution in [1.29, 1.82) is 0 Å². The summed E-state index contributed by atoms with van der Waals surface area (Å²) in [5, 5.41) is 2.43. The molecule has 1 aliphatic heterocycles. The van der Waals surface area contributed by atoms with E-state index in [2.05, 4.69) is 289 Å². The lowest BCUT2D eigenvalue weighted by molar-refractivity contribution is 0.477. The second-order valence-electron chi connectivity index (χ2n) is 26.4. The fourth-order valence-electron chi connectivity index (χ4n) is 11.4. The first-order chi connectivity index (χ1) is 35.2. The summed E-state index contributed by atoms with van der Waals surface area (Å²) in [5.74, 6) is 2.47. The highest BCUT2D eigenvalue weighted by molar-refractivity contribution is 6.11. The lowest BCUT2D eigenvalue weighted by Gasteiger charge is -2.32. The van der Waals surface area contributed by atoms with Gasteiger partial charge in [0.1, 0.15) is 24.0 Å². The number of para-hydroxylation sites is 1. The number of fused-ring (bicyclic) bond motifs is 4. The molecule has 0 unspecified atom stereocenters. The third-order valence-electron chi connectivity index (χ3n) is 16.0. The molecule has 2 aromatic heterocycles. The van der Waals surface area contributed by atoms with Crippen LogP contribution in [0.25, 0.3) is 27.6 Å². The van der Waals surface area contributed by atoms with Crippen LogP contribution in [0.1, 0.15) is 155 Å². The average molecular weight is 991 g/mol. The van der Waals surface area contributed by atoms with Crippen LogP contribution in [0.15, 0.2) is 170 Å². The Kier molecular flexibility index (Phi) is 12.6. The van der Waals surface area contributed by atoms with Crippen LogP contribution in [0.5, 0.6) is 11.5 Å². The van der Waals surface area contributed by atoms with Gasteiger partial charge in [-0.25, -0.2) is 4.98 Å². The number of benzene rings is 7. The number of hydrogen-bond donors (Lipinski definition) is 0. The minimum absolute atomic E-state index is 0.0447. The molecule has 0 saturated carbocycles. The van der Waals surface area contributed by atoms with Crippen molar-refractivity contribution in [3.63, 3.8) is 0 Å². The van der Waals surface area contributed by atoms with Gasteiger partial charge in [0.2, 0.25) is 0 Å². The first-order valence-corrected chi connectivity index (χ1v) is 27.0. The summed E-state index contributed by atoms with van der Waals surface area (Å²) >= 11 is 0. The summed E-state index contributed by atoms with van der Waals surface area (Å²) in [5.41, 5.74) is 16.0. The van der Waals surface area contributed by atoms with Gasteiger partial charge < -0.3 is 14.5 Å². The van der Waals surface area contributed by atoms with Crippen molar-refractivity contribution in [2.75, 3.05) is 16.5 Å². The highest BCUT2D eigenvalue weighted by atomic mass is 16.5. The van der Waals surface area contributed by atoms with Crippen molar-refractivity contribution in [2.24, 2.45) is 0 Å². The standard InChI is InChI=1S/C70H78N4O/c1-65(2,3)48-34-35-71-63(39-48)74-59-33-24-23-32-55(59)64-58(68(10,11)12)41-54(42-62(64)74)75-53-38-50(70(15,16)47-28-21-18-22-29-47)37-52(40-53)73-45-72(60-43-56(66(4,5)6)57(44-61(60)73)67(7,8)9)51-31-25-30-49(36-51)69(13,14)46-26-19-17-20-27-46/h17-44H,45H2,1-16H3. The third kappa shape index (κ3) is 9.53. The molecule has 0 saturated heterocycles. The van der Waals surface area contributed by atoms with Crippen molar-refractivity contribution in [3.05, 3.63) is 214 Å². The van der Waals surface area contributed by atoms with Crippen LogP contribution < -0.4 is 14.5 Å². The van der Waals surface area contributed by atoms with E-state index in [0.717, 1.165) is 34.0 Å². The molecule has 5 heteroatoms. The van der Waals surface area contributed by atoms with Gasteiger partial charge in [0, 0.05) is 51.3 Å². The predicted octanol–water partition coefficient (Wildman–Crippen LogP) is 19.1. The number of hydrogen-bond acceptors (Lipinski definition) is 4. The van der Waals surface area contributed by atoms with Crippen LogP contribution in [-0.2, 0) is 32.5 Å². The zero-order valence-electron chi connectivity index (χ0n) is 47.6. The predicted molar refractivity (Wildman–Crippen MR) is 319 cm³/mol. The Morgan fingerprint density at radius 1 is 0.387 bits per heavy atom. The molecule has 0 N–H and O–H groups in total. The second kappa shape index (κ2) is 18.3. The van der Waals surface area contributed by atoms with Crippen LogP contribution >= 0.6 is 0 Å². The van der Waals surface area contributed by atoms with E-state index in [-0.39, 0.29) is 32.5 Å². The molecule has 0 radical (unpaired) electrons. The lowest BCUT2D eigenvalue weighted by atomic mass is 9.74. The summed E-state index contributed by atoms with van der Waals surface area (Å²) in [6.07, 6.45) is 1.96. The van der Waals surface area contributed by atoms with Crippen LogP contribution in [0.2, 0.25) is 0 Å². The summed E-state index contributed by atoms with van der Waals surface area (Å²) < 4.78 is 9.76. The molecule has 0 atom stereocenters. The van der Waals surface area contributed by atoms with Gasteiger partial charge in [0.25, 0.3) is 0 Å². The molecule has 3 heterocycles. The Hall–Kier alpha value is -7.11. The van der Waals surface area contributed by atoms with E-state index in [1.807, 2.05) is 6.20 Å². The first-order valence-electron chi connectivity index (χ1n) is 27.0. The summed E-state index contributed by atoms with van der Waals surface area (Å²) in [4.78, 5) is 10.1. The van der Waals surface area contributed by atoms with Gasteiger partial charge in [-0.05, 0) is 127 Å². The number of aromatic nitrogens is 2. The Balaban J connectivity index is 1.19. The van der Waals surface area contributed by atoms with E-state index in [0.29, 0.717) is 6.67 Å². The molecule has 0 aliphatic carbocycles. The fraction of sp³-hybridized carbons (Fsp3) is 0.329. The maximum Gasteiger partial charge on any atom is 0.137 e. The zero-order chi connectivity index (χ0) is 53.6. The average Bonchev–Trinajstić information content (AvgIpc) is 3.94. The molecule has 0 bridgehead atoms. The van der Waals surface area contributed by atoms with Gasteiger partial charge in [-0.2, -0.15) is 0 Å². The van der Waals surface area contributed by atoms with E-state index < -0.39 is 0 Å². The fourth-order valence-corrected chi connectivity index (χ4v) is 11.4. The molecule has 7 aromatic carbocycles. The molecule has 0 amide bonds. The van der Waals surface area contributed by atoms with Crippen molar-refractivity contribution in [3.8, 4) is 17.3 Å². The van der Waals surface area contributed by atoms with Crippen molar-refractivity contribution in [1.82, 2.24) is 9.55 Å². The van der Waals surface area contributed by atoms with Crippen molar-refractivity contribution < 1.29 is 4.74 Å². The van der Waals surface area contributed by atoms with Crippen LogP contribution in [0.3, 0.4) is 0 Å². The van der Waals surface area contributed by atoms with Crippen molar-refractivity contribution in [2.45, 2.75) is 143 Å². The van der Waals surface area contributed by atoms with Gasteiger partial charge in [0.05, 0.1) is 22.4 Å². The topological polar surface area (TPSA) is 33.5 Å². The van der Waals surface area contributed by atoms with Gasteiger partial charge in [-0.15, -0.1) is 0 Å². The molecule has 5 nitrogen and oxygen atoms in total. The summed E-state index contributed by atoms with van der Waals surface area (Å²) in [6, 6.07) is 60.6. The zero-order valence-corrected chi connectivity index (χ0v) is 47.6. The highest BCUT2D eigenvalue weighted by Crippen LogP contribution is 2.52. The molecule has 384 valence electrons. The normalized spacial score (nSPS) is 13.8. The number of anilines is 4. The second-order valence-corrected chi connectivity index (χ2v) is 26.4. The molecule has 75 heavy (non-hydrogen) atoms. The van der Waals surface area contributed by atoms with Gasteiger partial charge in [-0.3, -0.25) is 4.57 Å². The Morgan fingerprint density at radius 3 is 1.49 bits per heavy atom. The summed E-state index contributed by atoms with van der Waals surface area (Å²) in [6.45, 7) is 37.8. The molecule has 9 aromatic rings. The van der Waals surface area contributed by atoms with Crippen LogP contribution in [0, 0.1) is 0 Å². The number of pyridine rings is 1. The maximum atomic E-state index is 7.42. The summed E-state index contributed by atoms with van der Waals surface area (Å²) in [7, 11) is 0. The molecule has 1 aliphatic rings. The Bertz CT molecular complexity index is 3590. The van der Waals surface area contributed by atoms with Crippen molar-refractivity contribution >= 4 is 44.6 Å². The first kappa shape index (κ1) is 51.4. The van der Waals surface area contributed by atoms with E-state index in [1.54, 1.807) is 0 Å². The van der Waals surface area contributed by atoms with E-state index >= 15 is 0 Å².